The first kappa shape index (κ1) is 15.2. The van der Waals surface area contributed by atoms with Crippen molar-refractivity contribution >= 4 is 15.7 Å². The number of benzene rings is 1. The van der Waals surface area contributed by atoms with Gasteiger partial charge in [-0.3, -0.25) is 0 Å². The van der Waals surface area contributed by atoms with Gasteiger partial charge in [-0.25, -0.2) is 12.8 Å². The highest BCUT2D eigenvalue weighted by Crippen LogP contribution is 2.27. The van der Waals surface area contributed by atoms with Crippen LogP contribution in [0.4, 0.5) is 10.1 Å². The molecule has 20 heavy (non-hydrogen) atoms. The Hall–Kier alpha value is -1.18. The van der Waals surface area contributed by atoms with Crippen LogP contribution in [0.25, 0.3) is 0 Å². The van der Waals surface area contributed by atoms with E-state index in [0.717, 1.165) is 25.0 Å². The summed E-state index contributed by atoms with van der Waals surface area (Å²) in [4.78, 5) is 1.89. The number of nitrogens with zero attached hydrogens (tertiary/aromatic N) is 2. The van der Waals surface area contributed by atoms with E-state index >= 15 is 0 Å². The van der Waals surface area contributed by atoms with Gasteiger partial charge in [0.1, 0.15) is 5.82 Å². The van der Waals surface area contributed by atoms with E-state index in [-0.39, 0.29) is 16.6 Å². The highest BCUT2D eigenvalue weighted by atomic mass is 32.2. The van der Waals surface area contributed by atoms with Crippen molar-refractivity contribution in [1.82, 2.24) is 9.21 Å². The molecule has 0 radical (unpaired) electrons. The van der Waals surface area contributed by atoms with Crippen molar-refractivity contribution in [2.45, 2.75) is 23.8 Å². The molecule has 1 unspecified atom stereocenters. The third-order valence-electron chi connectivity index (χ3n) is 3.40. The number of rotatable bonds is 4. The predicted molar refractivity (Wildman–Crippen MR) is 76.3 cm³/mol. The highest BCUT2D eigenvalue weighted by molar-refractivity contribution is 7.89. The summed E-state index contributed by atoms with van der Waals surface area (Å²) in [6.45, 7) is 1.13. The molecule has 1 aromatic carbocycles. The Morgan fingerprint density at radius 3 is 2.70 bits per heavy atom. The van der Waals surface area contributed by atoms with Crippen molar-refractivity contribution in [2.24, 2.45) is 0 Å². The topological polar surface area (TPSA) is 66.6 Å². The zero-order valence-corrected chi connectivity index (χ0v) is 12.5. The standard InChI is InChI=1S/C13H20FN3O2S/c1-16(2)9-12-4-3-5-17(12)20(18,19)13-7-10(14)6-11(15)8-13/h6-8,12H,3-5,9,15H2,1-2H3. The lowest BCUT2D eigenvalue weighted by Crippen LogP contribution is -2.41. The van der Waals surface area contributed by atoms with Crippen LogP contribution in [-0.4, -0.2) is 50.8 Å². The molecule has 1 aromatic rings. The molecule has 0 amide bonds. The Labute approximate surface area is 119 Å². The molecule has 0 saturated carbocycles. The number of hydrogen-bond acceptors (Lipinski definition) is 4. The second kappa shape index (κ2) is 5.67. The van der Waals surface area contributed by atoms with Crippen LogP contribution in [0, 0.1) is 5.82 Å². The Balaban J connectivity index is 2.33. The molecule has 1 atom stereocenters. The maximum atomic E-state index is 13.4. The summed E-state index contributed by atoms with van der Waals surface area (Å²) in [6, 6.07) is 3.38. The number of nitrogens with two attached hydrogens (primary N) is 1. The first-order valence-electron chi connectivity index (χ1n) is 6.53. The molecule has 2 N–H and O–H groups in total. The van der Waals surface area contributed by atoms with Crippen LogP contribution < -0.4 is 5.73 Å². The van der Waals surface area contributed by atoms with E-state index in [9.17, 15) is 12.8 Å². The second-order valence-corrected chi connectivity index (χ2v) is 7.28. The Bertz CT molecular complexity index is 569. The van der Waals surface area contributed by atoms with Crippen LogP contribution in [0.2, 0.25) is 0 Å². The fourth-order valence-electron chi connectivity index (χ4n) is 2.60. The Morgan fingerprint density at radius 2 is 2.10 bits per heavy atom. The quantitative estimate of drug-likeness (QED) is 0.846. The summed E-state index contributed by atoms with van der Waals surface area (Å²) in [5.74, 6) is -0.632. The van der Waals surface area contributed by atoms with Gasteiger partial charge < -0.3 is 10.6 Å². The van der Waals surface area contributed by atoms with Crippen LogP contribution in [0.3, 0.4) is 0 Å². The Kier molecular flexibility index (Phi) is 4.31. The van der Waals surface area contributed by atoms with Gasteiger partial charge in [-0.15, -0.1) is 0 Å². The van der Waals surface area contributed by atoms with Gasteiger partial charge in [-0.1, -0.05) is 0 Å². The lowest BCUT2D eigenvalue weighted by molar-refractivity contribution is 0.291. The predicted octanol–water partition coefficient (Wildman–Crippen LogP) is 1.12. The van der Waals surface area contributed by atoms with Gasteiger partial charge in [-0.05, 0) is 45.1 Å². The van der Waals surface area contributed by atoms with Gasteiger partial charge in [0.05, 0.1) is 4.90 Å². The average molecular weight is 301 g/mol. The third kappa shape index (κ3) is 3.11. The molecule has 112 valence electrons. The number of sulfonamides is 1. The van der Waals surface area contributed by atoms with Gasteiger partial charge in [0.2, 0.25) is 10.0 Å². The second-order valence-electron chi connectivity index (χ2n) is 5.39. The summed E-state index contributed by atoms with van der Waals surface area (Å²) in [6.07, 6.45) is 1.64. The molecular weight excluding hydrogens is 281 g/mol. The molecule has 1 fully saturated rings. The van der Waals surface area contributed by atoms with Gasteiger partial charge >= 0.3 is 0 Å². The lowest BCUT2D eigenvalue weighted by atomic mass is 10.2. The molecule has 0 bridgehead atoms. The van der Waals surface area contributed by atoms with Crippen LogP contribution in [-0.2, 0) is 10.0 Å². The van der Waals surface area contributed by atoms with E-state index in [1.54, 1.807) is 0 Å². The molecule has 1 heterocycles. The first-order valence-corrected chi connectivity index (χ1v) is 7.97. The van der Waals surface area contributed by atoms with Gasteiger partial charge in [0.15, 0.2) is 0 Å². The van der Waals surface area contributed by atoms with E-state index in [4.69, 9.17) is 5.73 Å². The maximum absolute atomic E-state index is 13.4. The van der Waals surface area contributed by atoms with Crippen molar-refractivity contribution in [3.63, 3.8) is 0 Å². The summed E-state index contributed by atoms with van der Waals surface area (Å²) >= 11 is 0. The number of likely N-dealkylation sites (N-methyl/N-ethyl adjacent to an activating group) is 1. The van der Waals surface area contributed by atoms with E-state index < -0.39 is 15.8 Å². The van der Waals surface area contributed by atoms with Crippen LogP contribution in [0.1, 0.15) is 12.8 Å². The molecule has 2 rings (SSSR count). The normalized spacial score (nSPS) is 20.7. The maximum Gasteiger partial charge on any atom is 0.243 e. The highest BCUT2D eigenvalue weighted by Gasteiger charge is 2.35. The van der Waals surface area contributed by atoms with E-state index in [1.807, 2.05) is 19.0 Å². The minimum atomic E-state index is -3.69. The van der Waals surface area contributed by atoms with Crippen LogP contribution in [0.5, 0.6) is 0 Å². The zero-order chi connectivity index (χ0) is 14.9. The Morgan fingerprint density at radius 1 is 1.40 bits per heavy atom. The van der Waals surface area contributed by atoms with E-state index in [0.29, 0.717) is 13.1 Å². The van der Waals surface area contributed by atoms with Crippen molar-refractivity contribution < 1.29 is 12.8 Å². The fourth-order valence-corrected chi connectivity index (χ4v) is 4.35. The van der Waals surface area contributed by atoms with E-state index in [2.05, 4.69) is 0 Å². The minimum absolute atomic E-state index is 0.0688. The van der Waals surface area contributed by atoms with Crippen LogP contribution >= 0.6 is 0 Å². The molecule has 0 aromatic heterocycles. The van der Waals surface area contributed by atoms with E-state index in [1.165, 1.54) is 10.4 Å². The van der Waals surface area contributed by atoms with Crippen molar-refractivity contribution in [2.75, 3.05) is 32.9 Å². The molecular formula is C13H20FN3O2S. The summed E-state index contributed by atoms with van der Waals surface area (Å²) in [5.41, 5.74) is 5.66. The molecule has 5 nitrogen and oxygen atoms in total. The lowest BCUT2D eigenvalue weighted by Gasteiger charge is -2.26. The molecule has 1 aliphatic heterocycles. The first-order chi connectivity index (χ1) is 9.30. The number of hydrogen-bond donors (Lipinski definition) is 1. The molecule has 1 saturated heterocycles. The smallest absolute Gasteiger partial charge is 0.243 e. The number of nitrogen functional groups attached to an aromatic ring is 1. The van der Waals surface area contributed by atoms with Crippen LogP contribution in [0.15, 0.2) is 23.1 Å². The van der Waals surface area contributed by atoms with Gasteiger partial charge in [-0.2, -0.15) is 4.31 Å². The number of halogens is 1. The SMILES string of the molecule is CN(C)CC1CCCN1S(=O)(=O)c1cc(N)cc(F)c1. The average Bonchev–Trinajstić information content (AvgIpc) is 2.75. The summed E-state index contributed by atoms with van der Waals surface area (Å²) in [7, 11) is 0.120. The van der Waals surface area contributed by atoms with Gasteiger partial charge in [0, 0.05) is 24.8 Å². The molecule has 0 aliphatic carbocycles. The molecule has 0 spiro atoms. The van der Waals surface area contributed by atoms with Crippen molar-refractivity contribution in [3.05, 3.63) is 24.0 Å². The minimum Gasteiger partial charge on any atom is -0.399 e. The van der Waals surface area contributed by atoms with Crippen molar-refractivity contribution in [1.29, 1.82) is 0 Å². The summed E-state index contributed by atoms with van der Waals surface area (Å²) in [5, 5.41) is 0. The monoisotopic (exact) mass is 301 g/mol. The largest absolute Gasteiger partial charge is 0.399 e. The fraction of sp³-hybridized carbons (Fsp3) is 0.538. The number of anilines is 1. The zero-order valence-electron chi connectivity index (χ0n) is 11.7. The molecule has 1 aliphatic rings. The van der Waals surface area contributed by atoms with Crippen molar-refractivity contribution in [3.8, 4) is 0 Å². The summed E-state index contributed by atoms with van der Waals surface area (Å²) < 4.78 is 40.1. The molecule has 7 heteroatoms. The van der Waals surface area contributed by atoms with Gasteiger partial charge in [0.25, 0.3) is 0 Å². The third-order valence-corrected chi connectivity index (χ3v) is 5.33.